The summed E-state index contributed by atoms with van der Waals surface area (Å²) < 4.78 is 21.8. The fourth-order valence-corrected chi connectivity index (χ4v) is 6.91. The van der Waals surface area contributed by atoms with Crippen molar-refractivity contribution in [1.82, 2.24) is 19.8 Å². The molecule has 1 aromatic heterocycles. The van der Waals surface area contributed by atoms with Crippen LogP contribution in [0.1, 0.15) is 43.9 Å². The number of benzene rings is 2. The average molecular weight is 528 g/mol. The highest BCUT2D eigenvalue weighted by atomic mass is 32.2. The molecule has 0 saturated carbocycles. The van der Waals surface area contributed by atoms with Gasteiger partial charge in [-0.2, -0.15) is 0 Å². The summed E-state index contributed by atoms with van der Waals surface area (Å²) in [5.74, 6) is 1.23. The van der Waals surface area contributed by atoms with E-state index < -0.39 is 11.0 Å². The largest absolute Gasteiger partial charge is 0.489 e. The van der Waals surface area contributed by atoms with E-state index in [1.165, 1.54) is 11.1 Å². The van der Waals surface area contributed by atoms with Crippen molar-refractivity contribution in [2.45, 2.75) is 51.4 Å². The van der Waals surface area contributed by atoms with Crippen LogP contribution in [0.5, 0.6) is 5.75 Å². The first kappa shape index (κ1) is 25.3. The van der Waals surface area contributed by atoms with Crippen molar-refractivity contribution in [3.8, 4) is 26.9 Å². The van der Waals surface area contributed by atoms with Crippen LogP contribution in [0, 0.1) is 0 Å². The van der Waals surface area contributed by atoms with Crippen LogP contribution in [0.15, 0.2) is 36.4 Å². The molecule has 2 aromatic carbocycles. The SMILES string of the molecule is CC(C)Oc1ccc(-c2nnc(-c3cccc4c3CC[C@@H]4NS(=O)CCN3CC[C@H](O)C3)s2)cc1N. The molecule has 10 heteroatoms. The van der Waals surface area contributed by atoms with E-state index in [2.05, 4.69) is 32.0 Å². The monoisotopic (exact) mass is 527 g/mol. The summed E-state index contributed by atoms with van der Waals surface area (Å²) in [7, 11) is -1.13. The van der Waals surface area contributed by atoms with Crippen molar-refractivity contribution < 1.29 is 14.1 Å². The van der Waals surface area contributed by atoms with Gasteiger partial charge in [0.1, 0.15) is 15.8 Å². The van der Waals surface area contributed by atoms with Gasteiger partial charge in [-0.3, -0.25) is 4.90 Å². The van der Waals surface area contributed by atoms with Gasteiger partial charge in [-0.15, -0.1) is 10.2 Å². The van der Waals surface area contributed by atoms with Crippen LogP contribution in [-0.4, -0.2) is 62.0 Å². The Bertz CT molecular complexity index is 1250. The zero-order valence-electron chi connectivity index (χ0n) is 20.6. The van der Waals surface area contributed by atoms with Crippen LogP contribution < -0.4 is 15.2 Å². The summed E-state index contributed by atoms with van der Waals surface area (Å²) >= 11 is 1.55. The van der Waals surface area contributed by atoms with Gasteiger partial charge in [0.15, 0.2) is 0 Å². The second kappa shape index (κ2) is 10.9. The van der Waals surface area contributed by atoms with E-state index in [-0.39, 0.29) is 18.2 Å². The van der Waals surface area contributed by atoms with E-state index in [1.807, 2.05) is 38.1 Å². The van der Waals surface area contributed by atoms with Gasteiger partial charge in [0.05, 0.1) is 34.6 Å². The number of aromatic nitrogens is 2. The van der Waals surface area contributed by atoms with Crippen molar-refractivity contribution in [2.75, 3.05) is 31.1 Å². The number of rotatable bonds is 9. The molecule has 1 unspecified atom stereocenters. The first-order valence-electron chi connectivity index (χ1n) is 12.4. The Morgan fingerprint density at radius 3 is 2.83 bits per heavy atom. The number of ether oxygens (including phenoxy) is 1. The minimum atomic E-state index is -1.13. The maximum Gasteiger partial charge on any atom is 0.148 e. The summed E-state index contributed by atoms with van der Waals surface area (Å²) in [6, 6.07) is 12.0. The first-order chi connectivity index (χ1) is 17.4. The molecule has 192 valence electrons. The Morgan fingerprint density at radius 1 is 1.25 bits per heavy atom. The number of β-amino-alcohol motifs (C(OH)–C–C–N with tert-alkyl or cyclic N) is 1. The molecule has 0 radical (unpaired) electrons. The number of nitrogens with zero attached hydrogens (tertiary/aromatic N) is 3. The molecule has 3 atom stereocenters. The normalized spacial score (nSPS) is 20.7. The predicted octanol–water partition coefficient (Wildman–Crippen LogP) is 3.55. The van der Waals surface area contributed by atoms with Crippen LogP contribution in [0.4, 0.5) is 5.69 Å². The van der Waals surface area contributed by atoms with E-state index in [1.54, 1.807) is 11.3 Å². The molecule has 1 aliphatic heterocycles. The molecular weight excluding hydrogens is 494 g/mol. The molecule has 1 saturated heterocycles. The number of nitrogens with two attached hydrogens (primary N) is 1. The van der Waals surface area contributed by atoms with Gasteiger partial charge in [0.25, 0.3) is 0 Å². The van der Waals surface area contributed by atoms with E-state index >= 15 is 0 Å². The predicted molar refractivity (Wildman–Crippen MR) is 145 cm³/mol. The lowest BCUT2D eigenvalue weighted by molar-refractivity contribution is 0.178. The smallest absolute Gasteiger partial charge is 0.148 e. The molecule has 2 heterocycles. The third-order valence-electron chi connectivity index (χ3n) is 6.66. The first-order valence-corrected chi connectivity index (χ1v) is 14.6. The third kappa shape index (κ3) is 5.63. The van der Waals surface area contributed by atoms with Crippen LogP contribution in [0.25, 0.3) is 21.1 Å². The van der Waals surface area contributed by atoms with Crippen LogP contribution >= 0.6 is 11.3 Å². The number of hydrogen-bond donors (Lipinski definition) is 3. The van der Waals surface area contributed by atoms with Crippen molar-refractivity contribution in [3.05, 3.63) is 47.5 Å². The number of aliphatic hydroxyl groups excluding tert-OH is 1. The van der Waals surface area contributed by atoms with Crippen molar-refractivity contribution in [1.29, 1.82) is 0 Å². The second-order valence-electron chi connectivity index (χ2n) is 9.71. The van der Waals surface area contributed by atoms with E-state index in [4.69, 9.17) is 10.5 Å². The lowest BCUT2D eigenvalue weighted by Crippen LogP contribution is -2.31. The average Bonchev–Trinajstić information content (AvgIpc) is 3.59. The van der Waals surface area contributed by atoms with Gasteiger partial charge in [-0.05, 0) is 62.4 Å². The Hall–Kier alpha value is -2.37. The van der Waals surface area contributed by atoms with Crippen LogP contribution in [0.3, 0.4) is 0 Å². The molecule has 0 spiro atoms. The standard InChI is InChI=1S/C26H33N5O3S2/c1-16(2)34-24-9-6-17(14-22(24)27)25-28-29-26(35-25)21-5-3-4-20-19(21)7-8-23(20)30-36(33)13-12-31-11-10-18(32)15-31/h3-6,9,14,16,18,23,30,32H,7-8,10-13,15,27H2,1-2H3/t18-,23-,36?/m0/s1. The van der Waals surface area contributed by atoms with Gasteiger partial charge < -0.3 is 15.6 Å². The molecule has 36 heavy (non-hydrogen) atoms. The van der Waals surface area contributed by atoms with Crippen molar-refractivity contribution >= 4 is 28.0 Å². The minimum Gasteiger partial charge on any atom is -0.489 e. The van der Waals surface area contributed by atoms with E-state index in [9.17, 15) is 9.32 Å². The molecule has 8 nitrogen and oxygen atoms in total. The molecule has 1 aliphatic carbocycles. The molecule has 0 amide bonds. The topological polar surface area (TPSA) is 114 Å². The number of fused-ring (bicyclic) bond motifs is 1. The fraction of sp³-hybridized carbons (Fsp3) is 0.462. The number of nitrogens with one attached hydrogen (secondary N) is 1. The molecular formula is C26H33N5O3S2. The maximum absolute atomic E-state index is 12.7. The van der Waals surface area contributed by atoms with Crippen molar-refractivity contribution in [3.63, 3.8) is 0 Å². The van der Waals surface area contributed by atoms with E-state index in [0.29, 0.717) is 23.7 Å². The molecule has 0 bridgehead atoms. The summed E-state index contributed by atoms with van der Waals surface area (Å²) in [4.78, 5) is 2.18. The van der Waals surface area contributed by atoms with Gasteiger partial charge in [0, 0.05) is 36.8 Å². The quantitative estimate of drug-likeness (QED) is 0.365. The zero-order valence-corrected chi connectivity index (χ0v) is 22.3. The van der Waals surface area contributed by atoms with Crippen LogP contribution in [0.2, 0.25) is 0 Å². The Kier molecular flexibility index (Phi) is 7.68. The summed E-state index contributed by atoms with van der Waals surface area (Å²) in [6.45, 7) is 6.24. The summed E-state index contributed by atoms with van der Waals surface area (Å²) in [5, 5.41) is 20.3. The highest BCUT2D eigenvalue weighted by Gasteiger charge is 2.28. The number of anilines is 1. The maximum atomic E-state index is 12.7. The molecule has 5 rings (SSSR count). The van der Waals surface area contributed by atoms with Gasteiger partial charge in [0.2, 0.25) is 0 Å². The summed E-state index contributed by atoms with van der Waals surface area (Å²) in [5.41, 5.74) is 11.2. The Balaban J connectivity index is 1.28. The van der Waals surface area contributed by atoms with E-state index in [0.717, 1.165) is 53.5 Å². The van der Waals surface area contributed by atoms with Gasteiger partial charge >= 0.3 is 0 Å². The minimum absolute atomic E-state index is 0.0568. The zero-order chi connectivity index (χ0) is 25.2. The second-order valence-corrected chi connectivity index (χ2v) is 12.0. The highest BCUT2D eigenvalue weighted by molar-refractivity contribution is 7.83. The Morgan fingerprint density at radius 2 is 2.08 bits per heavy atom. The van der Waals surface area contributed by atoms with Gasteiger partial charge in [-0.1, -0.05) is 29.5 Å². The lowest BCUT2D eigenvalue weighted by Gasteiger charge is -2.17. The number of likely N-dealkylation sites (tertiary alicyclic amines) is 1. The molecule has 2 aliphatic rings. The lowest BCUT2D eigenvalue weighted by atomic mass is 10.0. The molecule has 1 fully saturated rings. The third-order valence-corrected chi connectivity index (χ3v) is 8.77. The number of nitrogen functional groups attached to an aromatic ring is 1. The van der Waals surface area contributed by atoms with Crippen LogP contribution in [-0.2, 0) is 17.4 Å². The number of hydrogen-bond acceptors (Lipinski definition) is 8. The number of aliphatic hydroxyl groups is 1. The molecule has 3 aromatic rings. The fourth-order valence-electron chi connectivity index (χ4n) is 4.91. The summed E-state index contributed by atoms with van der Waals surface area (Å²) in [6.07, 6.45) is 2.42. The van der Waals surface area contributed by atoms with Gasteiger partial charge in [-0.25, -0.2) is 8.93 Å². The highest BCUT2D eigenvalue weighted by Crippen LogP contribution is 2.40. The Labute approximate surface area is 218 Å². The molecule has 4 N–H and O–H groups in total. The van der Waals surface area contributed by atoms with Crippen molar-refractivity contribution in [2.24, 2.45) is 0 Å².